The van der Waals surface area contributed by atoms with Crippen LogP contribution in [0.15, 0.2) is 30.5 Å². The molecule has 28 heavy (non-hydrogen) atoms. The van der Waals surface area contributed by atoms with Crippen LogP contribution in [-0.4, -0.2) is 37.1 Å². The third-order valence-corrected chi connectivity index (χ3v) is 4.65. The summed E-state index contributed by atoms with van der Waals surface area (Å²) in [6.07, 6.45) is -4.81. The van der Waals surface area contributed by atoms with Crippen molar-refractivity contribution in [1.82, 2.24) is 20.3 Å². The standard InChI is InChI=1S/C18H22F4N4O2/c1-16(2,27)10-26-9-14(24-25-26)13-7-17(28,8-15(19)23-13)11-3-5-12(6-4-11)18(20,21)22/h3-6,9,13,15,23,27-28H,7-8,10H2,1-2H3/t13-,15+,17?/m0/s1. The number of hydrogen-bond donors (Lipinski definition) is 3. The van der Waals surface area contributed by atoms with Gasteiger partial charge in [0.15, 0.2) is 6.30 Å². The zero-order valence-corrected chi connectivity index (χ0v) is 15.4. The third-order valence-electron chi connectivity index (χ3n) is 4.65. The van der Waals surface area contributed by atoms with Gasteiger partial charge in [0.1, 0.15) is 0 Å². The lowest BCUT2D eigenvalue weighted by molar-refractivity contribution is -0.137. The van der Waals surface area contributed by atoms with Gasteiger partial charge in [0.25, 0.3) is 0 Å². The van der Waals surface area contributed by atoms with Crippen LogP contribution in [-0.2, 0) is 18.3 Å². The van der Waals surface area contributed by atoms with Crippen LogP contribution >= 0.6 is 0 Å². The van der Waals surface area contributed by atoms with Crippen LogP contribution in [0.25, 0.3) is 0 Å². The van der Waals surface area contributed by atoms with Crippen molar-refractivity contribution < 1.29 is 27.8 Å². The monoisotopic (exact) mass is 402 g/mol. The first-order valence-electron chi connectivity index (χ1n) is 8.78. The highest BCUT2D eigenvalue weighted by Crippen LogP contribution is 2.41. The number of hydrogen-bond acceptors (Lipinski definition) is 5. The zero-order chi connectivity index (χ0) is 20.7. The molecule has 0 radical (unpaired) electrons. The fraction of sp³-hybridized carbons (Fsp3) is 0.556. The lowest BCUT2D eigenvalue weighted by Crippen LogP contribution is -2.46. The molecule has 154 valence electrons. The number of nitrogens with zero attached hydrogens (tertiary/aromatic N) is 3. The van der Waals surface area contributed by atoms with Crippen LogP contribution in [0.1, 0.15) is 49.6 Å². The van der Waals surface area contributed by atoms with E-state index in [0.717, 1.165) is 12.1 Å². The summed E-state index contributed by atoms with van der Waals surface area (Å²) in [6.45, 7) is 3.39. The molecule has 0 saturated carbocycles. The average Bonchev–Trinajstić information content (AvgIpc) is 3.00. The summed E-state index contributed by atoms with van der Waals surface area (Å²) in [4.78, 5) is 0. The van der Waals surface area contributed by atoms with Crippen LogP contribution in [0.4, 0.5) is 17.6 Å². The molecule has 1 saturated heterocycles. The Morgan fingerprint density at radius 3 is 2.43 bits per heavy atom. The van der Waals surface area contributed by atoms with Gasteiger partial charge in [-0.1, -0.05) is 17.3 Å². The van der Waals surface area contributed by atoms with E-state index >= 15 is 0 Å². The summed E-state index contributed by atoms with van der Waals surface area (Å²) in [5.41, 5.74) is -2.93. The Morgan fingerprint density at radius 2 is 1.86 bits per heavy atom. The van der Waals surface area contributed by atoms with Crippen molar-refractivity contribution in [3.63, 3.8) is 0 Å². The van der Waals surface area contributed by atoms with Gasteiger partial charge in [-0.15, -0.1) is 5.10 Å². The number of halogens is 4. The second-order valence-electron chi connectivity index (χ2n) is 7.86. The van der Waals surface area contributed by atoms with Gasteiger partial charge in [-0.3, -0.25) is 5.32 Å². The molecule has 2 heterocycles. The molecule has 0 amide bonds. The molecule has 1 aromatic carbocycles. The number of benzene rings is 1. The highest BCUT2D eigenvalue weighted by Gasteiger charge is 2.42. The second kappa shape index (κ2) is 7.09. The molecule has 6 nitrogen and oxygen atoms in total. The smallest absolute Gasteiger partial charge is 0.389 e. The summed E-state index contributed by atoms with van der Waals surface area (Å²) in [5.74, 6) is 0. The summed E-state index contributed by atoms with van der Waals surface area (Å²) in [5, 5.41) is 31.4. The average molecular weight is 402 g/mol. The van der Waals surface area contributed by atoms with Gasteiger partial charge >= 0.3 is 6.18 Å². The van der Waals surface area contributed by atoms with Gasteiger partial charge in [0.05, 0.1) is 41.2 Å². The fourth-order valence-corrected chi connectivity index (χ4v) is 3.40. The quantitative estimate of drug-likeness (QED) is 0.541. The Bertz CT molecular complexity index is 816. The molecule has 0 aliphatic carbocycles. The number of rotatable bonds is 4. The van der Waals surface area contributed by atoms with Crippen LogP contribution in [0.5, 0.6) is 0 Å². The van der Waals surface area contributed by atoms with Gasteiger partial charge in [-0.25, -0.2) is 9.07 Å². The maximum Gasteiger partial charge on any atom is 0.416 e. The predicted octanol–water partition coefficient (Wildman–Crippen LogP) is 2.68. The summed E-state index contributed by atoms with van der Waals surface area (Å²) < 4.78 is 54.0. The van der Waals surface area contributed by atoms with Gasteiger partial charge in [-0.2, -0.15) is 13.2 Å². The number of nitrogens with one attached hydrogen (secondary N) is 1. The van der Waals surface area contributed by atoms with Crippen LogP contribution in [0.3, 0.4) is 0 Å². The molecule has 1 aliphatic heterocycles. The Labute approximate surface area is 159 Å². The molecule has 3 rings (SSSR count). The van der Waals surface area contributed by atoms with E-state index in [4.69, 9.17) is 0 Å². The molecule has 1 aromatic heterocycles. The number of piperidine rings is 1. The topological polar surface area (TPSA) is 83.2 Å². The van der Waals surface area contributed by atoms with Crippen molar-refractivity contribution in [3.05, 3.63) is 47.3 Å². The van der Waals surface area contributed by atoms with Crippen molar-refractivity contribution in [2.75, 3.05) is 0 Å². The maximum absolute atomic E-state index is 14.3. The van der Waals surface area contributed by atoms with Gasteiger partial charge < -0.3 is 10.2 Å². The summed E-state index contributed by atoms with van der Waals surface area (Å²) in [6, 6.07) is 3.40. The lowest BCUT2D eigenvalue weighted by atomic mass is 9.80. The Kier molecular flexibility index (Phi) is 5.24. The van der Waals surface area contributed by atoms with E-state index in [0.29, 0.717) is 5.69 Å². The summed E-state index contributed by atoms with van der Waals surface area (Å²) in [7, 11) is 0. The largest absolute Gasteiger partial charge is 0.416 e. The van der Waals surface area contributed by atoms with Crippen molar-refractivity contribution in [1.29, 1.82) is 0 Å². The predicted molar refractivity (Wildman–Crippen MR) is 91.7 cm³/mol. The maximum atomic E-state index is 14.3. The van der Waals surface area contributed by atoms with E-state index in [9.17, 15) is 27.8 Å². The highest BCUT2D eigenvalue weighted by molar-refractivity contribution is 5.30. The van der Waals surface area contributed by atoms with E-state index < -0.39 is 35.3 Å². The minimum atomic E-state index is -4.49. The van der Waals surface area contributed by atoms with Gasteiger partial charge in [0.2, 0.25) is 0 Å². The zero-order valence-electron chi connectivity index (χ0n) is 15.4. The molecular formula is C18H22F4N4O2. The third kappa shape index (κ3) is 4.68. The number of alkyl halides is 4. The Balaban J connectivity index is 1.82. The van der Waals surface area contributed by atoms with Crippen LogP contribution < -0.4 is 5.32 Å². The van der Waals surface area contributed by atoms with E-state index in [-0.39, 0.29) is 24.9 Å². The van der Waals surface area contributed by atoms with Crippen LogP contribution in [0, 0.1) is 0 Å². The van der Waals surface area contributed by atoms with Crippen molar-refractivity contribution in [3.8, 4) is 0 Å². The first-order chi connectivity index (χ1) is 12.9. The van der Waals surface area contributed by atoms with Crippen molar-refractivity contribution >= 4 is 0 Å². The number of aromatic nitrogens is 3. The minimum absolute atomic E-state index is 0.0139. The second-order valence-corrected chi connectivity index (χ2v) is 7.86. The van der Waals surface area contributed by atoms with Crippen molar-refractivity contribution in [2.24, 2.45) is 0 Å². The van der Waals surface area contributed by atoms with E-state index in [2.05, 4.69) is 15.6 Å². The first kappa shape index (κ1) is 20.7. The van der Waals surface area contributed by atoms with E-state index in [1.807, 2.05) is 0 Å². The van der Waals surface area contributed by atoms with Gasteiger partial charge in [-0.05, 0) is 31.5 Å². The fourth-order valence-electron chi connectivity index (χ4n) is 3.40. The lowest BCUT2D eigenvalue weighted by Gasteiger charge is -2.39. The molecule has 1 unspecified atom stereocenters. The Hall–Kier alpha value is -2.04. The molecule has 0 spiro atoms. The molecule has 1 fully saturated rings. The van der Waals surface area contributed by atoms with Gasteiger partial charge in [0, 0.05) is 12.8 Å². The molecule has 1 aliphatic rings. The molecule has 3 N–H and O–H groups in total. The normalized spacial score (nSPS) is 26.4. The molecule has 3 atom stereocenters. The van der Waals surface area contributed by atoms with Crippen LogP contribution in [0.2, 0.25) is 0 Å². The molecule has 2 aromatic rings. The molecule has 10 heteroatoms. The van der Waals surface area contributed by atoms with E-state index in [1.165, 1.54) is 16.8 Å². The first-order valence-corrected chi connectivity index (χ1v) is 8.78. The summed E-state index contributed by atoms with van der Waals surface area (Å²) >= 11 is 0. The molecular weight excluding hydrogens is 380 g/mol. The number of aliphatic hydroxyl groups is 2. The minimum Gasteiger partial charge on any atom is -0.389 e. The Morgan fingerprint density at radius 1 is 1.21 bits per heavy atom. The SMILES string of the molecule is CC(C)(O)Cn1cc([C@@H]2CC(O)(c3ccc(C(F)(F)F)cc3)C[C@H](F)N2)nn1. The van der Waals surface area contributed by atoms with Crippen molar-refractivity contribution in [2.45, 2.75) is 62.9 Å². The highest BCUT2D eigenvalue weighted by atomic mass is 19.4. The van der Waals surface area contributed by atoms with E-state index in [1.54, 1.807) is 20.0 Å². The molecule has 0 bridgehead atoms.